The van der Waals surface area contributed by atoms with Crippen molar-refractivity contribution in [3.63, 3.8) is 0 Å². The van der Waals surface area contributed by atoms with E-state index in [4.69, 9.17) is 5.73 Å². The lowest BCUT2D eigenvalue weighted by Gasteiger charge is -2.20. The van der Waals surface area contributed by atoms with E-state index >= 15 is 0 Å². The van der Waals surface area contributed by atoms with E-state index in [-0.39, 0.29) is 11.8 Å². The van der Waals surface area contributed by atoms with Gasteiger partial charge in [-0.25, -0.2) is 0 Å². The molecule has 0 heterocycles. The van der Waals surface area contributed by atoms with E-state index in [1.54, 1.807) is 0 Å². The minimum absolute atomic E-state index is 0.0101. The normalized spacial score (nSPS) is 22.4. The van der Waals surface area contributed by atoms with E-state index in [0.29, 0.717) is 12.5 Å². The maximum Gasteiger partial charge on any atom is 0.224 e. The molecule has 1 aliphatic rings. The Hall–Kier alpha value is -0.830. The van der Waals surface area contributed by atoms with Crippen LogP contribution >= 0.6 is 0 Å². The van der Waals surface area contributed by atoms with Gasteiger partial charge in [-0.15, -0.1) is 0 Å². The van der Waals surface area contributed by atoms with E-state index in [1.165, 1.54) is 6.42 Å². The molecular formula is C12H22N2O. The Morgan fingerprint density at radius 2 is 2.40 bits per heavy atom. The number of rotatable bonds is 5. The van der Waals surface area contributed by atoms with Gasteiger partial charge in [0, 0.05) is 19.0 Å². The van der Waals surface area contributed by atoms with Crippen molar-refractivity contribution < 1.29 is 4.79 Å². The quantitative estimate of drug-likeness (QED) is 0.675. The van der Waals surface area contributed by atoms with Gasteiger partial charge in [0.15, 0.2) is 0 Å². The molecule has 2 atom stereocenters. The number of nitrogens with one attached hydrogen (secondary N) is 1. The van der Waals surface area contributed by atoms with Crippen molar-refractivity contribution in [1.82, 2.24) is 5.32 Å². The zero-order chi connectivity index (χ0) is 11.1. The molecule has 15 heavy (non-hydrogen) atoms. The van der Waals surface area contributed by atoms with Crippen molar-refractivity contribution in [2.24, 2.45) is 17.6 Å². The van der Waals surface area contributed by atoms with Crippen molar-refractivity contribution in [2.75, 3.05) is 13.1 Å². The van der Waals surface area contributed by atoms with Crippen molar-refractivity contribution in [3.05, 3.63) is 12.2 Å². The van der Waals surface area contributed by atoms with Gasteiger partial charge < -0.3 is 11.1 Å². The predicted molar refractivity (Wildman–Crippen MR) is 62.3 cm³/mol. The Morgan fingerprint density at radius 1 is 1.60 bits per heavy atom. The summed E-state index contributed by atoms with van der Waals surface area (Å²) >= 11 is 0. The Kier molecular flexibility index (Phi) is 5.40. The summed E-state index contributed by atoms with van der Waals surface area (Å²) in [6, 6.07) is 0. The first-order chi connectivity index (χ1) is 7.27. The largest absolute Gasteiger partial charge is 0.356 e. The standard InChI is InChI=1S/C12H22N2O/c1-2-11(8-13)12(15)14-9-10-6-4-3-5-7-10/h3-4,10-11H,2,5-9,13H2,1H3,(H,14,15). The number of carbonyl (C=O) groups is 1. The summed E-state index contributed by atoms with van der Waals surface area (Å²) < 4.78 is 0. The SMILES string of the molecule is CCC(CN)C(=O)NCC1CC=CCC1. The highest BCUT2D eigenvalue weighted by Crippen LogP contribution is 2.17. The monoisotopic (exact) mass is 210 g/mol. The molecule has 0 bridgehead atoms. The average Bonchev–Trinajstić information content (AvgIpc) is 2.29. The van der Waals surface area contributed by atoms with E-state index in [0.717, 1.165) is 25.8 Å². The maximum atomic E-state index is 11.6. The summed E-state index contributed by atoms with van der Waals surface area (Å²) in [5.41, 5.74) is 5.52. The molecular weight excluding hydrogens is 188 g/mol. The molecule has 86 valence electrons. The zero-order valence-electron chi connectivity index (χ0n) is 9.54. The molecule has 1 amide bonds. The molecule has 0 spiro atoms. The number of hydrogen-bond donors (Lipinski definition) is 2. The van der Waals surface area contributed by atoms with Crippen molar-refractivity contribution in [1.29, 1.82) is 0 Å². The summed E-state index contributed by atoms with van der Waals surface area (Å²) in [6.45, 7) is 3.26. The third-order valence-corrected chi connectivity index (χ3v) is 3.09. The van der Waals surface area contributed by atoms with Gasteiger partial charge in [-0.2, -0.15) is 0 Å². The van der Waals surface area contributed by atoms with Crippen LogP contribution in [0, 0.1) is 11.8 Å². The molecule has 0 radical (unpaired) electrons. The van der Waals surface area contributed by atoms with Gasteiger partial charge in [-0.3, -0.25) is 4.79 Å². The lowest BCUT2D eigenvalue weighted by atomic mass is 9.94. The van der Waals surface area contributed by atoms with Crippen LogP contribution in [0.2, 0.25) is 0 Å². The Bertz CT molecular complexity index is 222. The van der Waals surface area contributed by atoms with Gasteiger partial charge >= 0.3 is 0 Å². The maximum absolute atomic E-state index is 11.6. The first-order valence-electron chi connectivity index (χ1n) is 5.90. The lowest BCUT2D eigenvalue weighted by Crippen LogP contribution is -2.37. The minimum atomic E-state index is -0.0101. The molecule has 0 fully saturated rings. The summed E-state index contributed by atoms with van der Waals surface area (Å²) in [6.07, 6.45) is 8.69. The molecule has 3 N–H and O–H groups in total. The van der Waals surface area contributed by atoms with Gasteiger partial charge in [-0.1, -0.05) is 19.1 Å². The van der Waals surface area contributed by atoms with Gasteiger partial charge in [-0.05, 0) is 31.6 Å². The van der Waals surface area contributed by atoms with Crippen LogP contribution in [0.25, 0.3) is 0 Å². The zero-order valence-corrected chi connectivity index (χ0v) is 9.54. The second kappa shape index (κ2) is 6.62. The van der Waals surface area contributed by atoms with Crippen LogP contribution < -0.4 is 11.1 Å². The van der Waals surface area contributed by atoms with Crippen LogP contribution in [-0.2, 0) is 4.79 Å². The second-order valence-corrected chi connectivity index (χ2v) is 4.24. The Labute approximate surface area is 92.1 Å². The highest BCUT2D eigenvalue weighted by atomic mass is 16.1. The van der Waals surface area contributed by atoms with Crippen molar-refractivity contribution in [2.45, 2.75) is 32.6 Å². The summed E-state index contributed by atoms with van der Waals surface area (Å²) in [4.78, 5) is 11.6. The fraction of sp³-hybridized carbons (Fsp3) is 0.750. The molecule has 0 aliphatic heterocycles. The molecule has 0 saturated carbocycles. The first kappa shape index (κ1) is 12.2. The molecule has 0 aromatic heterocycles. The van der Waals surface area contributed by atoms with E-state index < -0.39 is 0 Å². The number of allylic oxidation sites excluding steroid dienone is 2. The van der Waals surface area contributed by atoms with Gasteiger partial charge in [0.05, 0.1) is 0 Å². The molecule has 0 saturated heterocycles. The van der Waals surface area contributed by atoms with Gasteiger partial charge in [0.25, 0.3) is 0 Å². The minimum Gasteiger partial charge on any atom is -0.356 e. The second-order valence-electron chi connectivity index (χ2n) is 4.24. The third kappa shape index (κ3) is 4.04. The number of amides is 1. The van der Waals surface area contributed by atoms with E-state index in [9.17, 15) is 4.79 Å². The smallest absolute Gasteiger partial charge is 0.224 e. The van der Waals surface area contributed by atoms with Crippen LogP contribution in [0.3, 0.4) is 0 Å². The summed E-state index contributed by atoms with van der Waals surface area (Å²) in [7, 11) is 0. The van der Waals surface area contributed by atoms with Gasteiger partial charge in [0.1, 0.15) is 0 Å². The van der Waals surface area contributed by atoms with E-state index in [1.807, 2.05) is 6.92 Å². The summed E-state index contributed by atoms with van der Waals surface area (Å²) in [5.74, 6) is 0.730. The summed E-state index contributed by atoms with van der Waals surface area (Å²) in [5, 5.41) is 3.00. The topological polar surface area (TPSA) is 55.1 Å². The number of hydrogen-bond acceptors (Lipinski definition) is 2. The highest BCUT2D eigenvalue weighted by Gasteiger charge is 2.16. The number of nitrogens with two attached hydrogens (primary N) is 1. The fourth-order valence-corrected chi connectivity index (χ4v) is 1.89. The molecule has 0 aromatic rings. The van der Waals surface area contributed by atoms with Crippen LogP contribution in [0.4, 0.5) is 0 Å². The van der Waals surface area contributed by atoms with Crippen molar-refractivity contribution in [3.8, 4) is 0 Å². The van der Waals surface area contributed by atoms with Crippen LogP contribution in [0.15, 0.2) is 12.2 Å². The third-order valence-electron chi connectivity index (χ3n) is 3.09. The molecule has 0 aromatic carbocycles. The Balaban J connectivity index is 2.23. The van der Waals surface area contributed by atoms with Crippen LogP contribution in [0.1, 0.15) is 32.6 Å². The first-order valence-corrected chi connectivity index (χ1v) is 5.90. The lowest BCUT2D eigenvalue weighted by molar-refractivity contribution is -0.125. The molecule has 2 unspecified atom stereocenters. The molecule has 1 aliphatic carbocycles. The van der Waals surface area contributed by atoms with Gasteiger partial charge in [0.2, 0.25) is 5.91 Å². The molecule has 3 nitrogen and oxygen atoms in total. The van der Waals surface area contributed by atoms with E-state index in [2.05, 4.69) is 17.5 Å². The predicted octanol–water partition coefficient (Wildman–Crippen LogP) is 1.44. The van der Waals surface area contributed by atoms with Crippen molar-refractivity contribution >= 4 is 5.91 Å². The highest BCUT2D eigenvalue weighted by molar-refractivity contribution is 5.78. The van der Waals surface area contributed by atoms with Crippen LogP contribution in [0.5, 0.6) is 0 Å². The Morgan fingerprint density at radius 3 is 2.93 bits per heavy atom. The molecule has 3 heteroatoms. The fourth-order valence-electron chi connectivity index (χ4n) is 1.89. The average molecular weight is 210 g/mol. The van der Waals surface area contributed by atoms with Crippen LogP contribution in [-0.4, -0.2) is 19.0 Å². The molecule has 1 rings (SSSR count). The number of carbonyl (C=O) groups excluding carboxylic acids is 1.